The number of carbonyl (C=O) groups is 1. The van der Waals surface area contributed by atoms with Gasteiger partial charge >= 0.3 is 0 Å². The van der Waals surface area contributed by atoms with Crippen LogP contribution < -0.4 is 10.1 Å². The molecule has 0 saturated carbocycles. The van der Waals surface area contributed by atoms with Gasteiger partial charge in [0, 0.05) is 12.0 Å². The number of aromatic nitrogens is 2. The third-order valence-electron chi connectivity index (χ3n) is 2.62. The summed E-state index contributed by atoms with van der Waals surface area (Å²) in [5, 5.41) is 12.3. The number of methoxy groups -OCH3 is 1. The second kappa shape index (κ2) is 6.47. The van der Waals surface area contributed by atoms with Crippen molar-refractivity contribution in [1.29, 1.82) is 0 Å². The van der Waals surface area contributed by atoms with Gasteiger partial charge in [-0.3, -0.25) is 10.1 Å². The number of nitrogens with zero attached hydrogens (tertiary/aromatic N) is 2. The van der Waals surface area contributed by atoms with Crippen molar-refractivity contribution in [3.05, 3.63) is 34.8 Å². The fraction of sp³-hybridized carbons (Fsp3) is 0.357. The molecular weight excluding hydrogens is 274 g/mol. The predicted octanol–water partition coefficient (Wildman–Crippen LogP) is 3.00. The van der Waals surface area contributed by atoms with E-state index in [2.05, 4.69) is 29.4 Å². The minimum atomic E-state index is -0.195. The lowest BCUT2D eigenvalue weighted by atomic mass is 10.1. The fourth-order valence-corrected chi connectivity index (χ4v) is 2.59. The van der Waals surface area contributed by atoms with Crippen LogP contribution in [0.5, 0.6) is 5.75 Å². The monoisotopic (exact) mass is 291 g/mol. The predicted molar refractivity (Wildman–Crippen MR) is 79.4 cm³/mol. The van der Waals surface area contributed by atoms with Crippen LogP contribution in [0.3, 0.4) is 0 Å². The van der Waals surface area contributed by atoms with Crippen LogP contribution >= 0.6 is 11.3 Å². The zero-order valence-corrected chi connectivity index (χ0v) is 12.5. The number of carbonyl (C=O) groups excluding carboxylic acids is 1. The highest BCUT2D eigenvalue weighted by atomic mass is 32.1. The largest absolute Gasteiger partial charge is 0.497 e. The Labute approximate surface area is 122 Å². The average molecular weight is 291 g/mol. The first-order valence-electron chi connectivity index (χ1n) is 6.36. The highest BCUT2D eigenvalue weighted by molar-refractivity contribution is 7.15. The summed E-state index contributed by atoms with van der Waals surface area (Å²) in [5.41, 5.74) is 0.561. The Balaban J connectivity index is 2.01. The molecule has 0 aliphatic rings. The Hall–Kier alpha value is -1.95. The Morgan fingerprint density at radius 2 is 2.00 bits per heavy atom. The molecule has 0 bridgehead atoms. The summed E-state index contributed by atoms with van der Waals surface area (Å²) in [6, 6.07) is 6.92. The van der Waals surface area contributed by atoms with Crippen LogP contribution in [-0.2, 0) is 6.42 Å². The van der Waals surface area contributed by atoms with Crippen LogP contribution in [0.2, 0.25) is 0 Å². The minimum absolute atomic E-state index is 0.195. The highest BCUT2D eigenvalue weighted by Crippen LogP contribution is 2.19. The van der Waals surface area contributed by atoms with Crippen molar-refractivity contribution < 1.29 is 9.53 Å². The maximum Gasteiger partial charge on any atom is 0.257 e. The maximum absolute atomic E-state index is 12.0. The Morgan fingerprint density at radius 3 is 2.60 bits per heavy atom. The van der Waals surface area contributed by atoms with Crippen LogP contribution in [0.25, 0.3) is 0 Å². The molecule has 106 valence electrons. The van der Waals surface area contributed by atoms with Gasteiger partial charge in [0.1, 0.15) is 10.8 Å². The van der Waals surface area contributed by atoms with E-state index in [0.29, 0.717) is 16.6 Å². The second-order valence-electron chi connectivity index (χ2n) is 4.78. The molecule has 1 aromatic carbocycles. The minimum Gasteiger partial charge on any atom is -0.497 e. The van der Waals surface area contributed by atoms with Crippen molar-refractivity contribution in [1.82, 2.24) is 10.2 Å². The molecule has 0 unspecified atom stereocenters. The molecule has 0 aliphatic carbocycles. The first-order chi connectivity index (χ1) is 9.58. The SMILES string of the molecule is COc1ccc(C(=O)Nc2nnc(CC(C)C)s2)cc1. The number of hydrogen-bond acceptors (Lipinski definition) is 5. The average Bonchev–Trinajstić information content (AvgIpc) is 2.85. The van der Waals surface area contributed by atoms with Crippen molar-refractivity contribution in [3.8, 4) is 5.75 Å². The molecule has 1 amide bonds. The molecule has 20 heavy (non-hydrogen) atoms. The molecule has 1 aromatic heterocycles. The smallest absolute Gasteiger partial charge is 0.257 e. The molecule has 0 fully saturated rings. The van der Waals surface area contributed by atoms with Gasteiger partial charge in [-0.25, -0.2) is 0 Å². The molecular formula is C14H17N3O2S. The van der Waals surface area contributed by atoms with Crippen molar-refractivity contribution in [2.45, 2.75) is 20.3 Å². The standard InChI is InChI=1S/C14H17N3O2S/c1-9(2)8-12-16-17-14(20-12)15-13(18)10-4-6-11(19-3)7-5-10/h4-7,9H,8H2,1-3H3,(H,15,17,18). The Morgan fingerprint density at radius 1 is 1.30 bits per heavy atom. The van der Waals surface area contributed by atoms with E-state index in [1.165, 1.54) is 11.3 Å². The van der Waals surface area contributed by atoms with E-state index >= 15 is 0 Å². The summed E-state index contributed by atoms with van der Waals surface area (Å²) >= 11 is 1.41. The first kappa shape index (κ1) is 14.5. The summed E-state index contributed by atoms with van der Waals surface area (Å²) in [4.78, 5) is 12.0. The molecule has 6 heteroatoms. The summed E-state index contributed by atoms with van der Waals surface area (Å²) in [6.45, 7) is 4.24. The van der Waals surface area contributed by atoms with Crippen LogP contribution in [0.15, 0.2) is 24.3 Å². The zero-order valence-electron chi connectivity index (χ0n) is 11.7. The Kier molecular flexibility index (Phi) is 4.68. The molecule has 0 radical (unpaired) electrons. The first-order valence-corrected chi connectivity index (χ1v) is 7.18. The molecule has 2 rings (SSSR count). The van der Waals surface area contributed by atoms with Crippen LogP contribution in [0, 0.1) is 5.92 Å². The number of hydrogen-bond donors (Lipinski definition) is 1. The van der Waals surface area contributed by atoms with Crippen molar-refractivity contribution >= 4 is 22.4 Å². The number of nitrogens with one attached hydrogen (secondary N) is 1. The topological polar surface area (TPSA) is 64.1 Å². The Bertz CT molecular complexity index is 578. The number of ether oxygens (including phenoxy) is 1. The summed E-state index contributed by atoms with van der Waals surface area (Å²) in [7, 11) is 1.59. The van der Waals surface area contributed by atoms with Crippen LogP contribution in [0.1, 0.15) is 29.2 Å². The van der Waals surface area contributed by atoms with Crippen LogP contribution in [-0.4, -0.2) is 23.2 Å². The van der Waals surface area contributed by atoms with Gasteiger partial charge in [-0.15, -0.1) is 10.2 Å². The molecule has 1 heterocycles. The lowest BCUT2D eigenvalue weighted by Gasteiger charge is -2.03. The number of benzene rings is 1. The van der Waals surface area contributed by atoms with E-state index in [-0.39, 0.29) is 5.91 Å². The van der Waals surface area contributed by atoms with E-state index in [4.69, 9.17) is 4.74 Å². The summed E-state index contributed by atoms with van der Waals surface area (Å²) < 4.78 is 5.06. The number of anilines is 1. The second-order valence-corrected chi connectivity index (χ2v) is 5.84. The van der Waals surface area contributed by atoms with E-state index < -0.39 is 0 Å². The van der Waals surface area contributed by atoms with Gasteiger partial charge in [0.2, 0.25) is 5.13 Å². The van der Waals surface area contributed by atoms with Crippen LogP contribution in [0.4, 0.5) is 5.13 Å². The van der Waals surface area contributed by atoms with Gasteiger partial charge < -0.3 is 4.74 Å². The molecule has 0 spiro atoms. The highest BCUT2D eigenvalue weighted by Gasteiger charge is 2.11. The lowest BCUT2D eigenvalue weighted by Crippen LogP contribution is -2.11. The van der Waals surface area contributed by atoms with Crippen molar-refractivity contribution in [2.24, 2.45) is 5.92 Å². The van der Waals surface area contributed by atoms with Gasteiger partial charge in [0.05, 0.1) is 7.11 Å². The van der Waals surface area contributed by atoms with Crippen molar-refractivity contribution in [2.75, 3.05) is 12.4 Å². The fourth-order valence-electron chi connectivity index (χ4n) is 1.65. The molecule has 2 aromatic rings. The molecule has 0 aliphatic heterocycles. The molecule has 0 saturated heterocycles. The maximum atomic E-state index is 12.0. The van der Waals surface area contributed by atoms with Gasteiger partial charge in [-0.2, -0.15) is 0 Å². The normalized spacial score (nSPS) is 10.6. The van der Waals surface area contributed by atoms with E-state index in [9.17, 15) is 4.79 Å². The van der Waals surface area contributed by atoms with Gasteiger partial charge in [0.15, 0.2) is 0 Å². The number of rotatable bonds is 5. The quantitative estimate of drug-likeness (QED) is 0.919. The molecule has 0 atom stereocenters. The van der Waals surface area contributed by atoms with Gasteiger partial charge in [0.25, 0.3) is 5.91 Å². The van der Waals surface area contributed by atoms with Gasteiger partial charge in [-0.1, -0.05) is 25.2 Å². The molecule has 1 N–H and O–H groups in total. The zero-order chi connectivity index (χ0) is 14.5. The molecule has 5 nitrogen and oxygen atoms in total. The van der Waals surface area contributed by atoms with E-state index in [1.807, 2.05) is 0 Å². The van der Waals surface area contributed by atoms with E-state index in [0.717, 1.165) is 17.2 Å². The summed E-state index contributed by atoms with van der Waals surface area (Å²) in [6.07, 6.45) is 0.871. The number of amides is 1. The third kappa shape index (κ3) is 3.77. The third-order valence-corrected chi connectivity index (χ3v) is 3.48. The van der Waals surface area contributed by atoms with Gasteiger partial charge in [-0.05, 0) is 30.2 Å². The summed E-state index contributed by atoms with van der Waals surface area (Å²) in [5.74, 6) is 1.05. The lowest BCUT2D eigenvalue weighted by molar-refractivity contribution is 0.102. The van der Waals surface area contributed by atoms with Crippen molar-refractivity contribution in [3.63, 3.8) is 0 Å². The van der Waals surface area contributed by atoms with E-state index in [1.54, 1.807) is 31.4 Å².